The molecule has 0 radical (unpaired) electrons. The van der Waals surface area contributed by atoms with Crippen LogP contribution in [0.2, 0.25) is 0 Å². The molecule has 1 rings (SSSR count). The van der Waals surface area contributed by atoms with Crippen LogP contribution in [-0.2, 0) is 7.05 Å². The zero-order chi connectivity index (χ0) is 7.72. The molecule has 0 saturated carbocycles. The molecule has 0 aromatic carbocycles. The molecular weight excluding hydrogens is 122 g/mol. The number of hydrogen-bond donors (Lipinski definition) is 0. The summed E-state index contributed by atoms with van der Waals surface area (Å²) >= 11 is 0. The molecule has 0 amide bonds. The first kappa shape index (κ1) is 7.26. The van der Waals surface area contributed by atoms with E-state index in [0.717, 1.165) is 0 Å². The van der Waals surface area contributed by atoms with Crippen molar-refractivity contribution < 1.29 is 4.57 Å². The summed E-state index contributed by atoms with van der Waals surface area (Å²) in [4.78, 5) is 0. The standard InChI is InChI=1S/C9H14N/c1-7-5-8(2)9(3)10(4)6-7/h5-6H,1-4H3/q+1. The fourth-order valence-corrected chi connectivity index (χ4v) is 1.16. The van der Waals surface area contributed by atoms with Crippen molar-refractivity contribution in [2.75, 3.05) is 0 Å². The maximum Gasteiger partial charge on any atom is 0.180 e. The highest BCUT2D eigenvalue weighted by atomic mass is 14.9. The predicted molar refractivity (Wildman–Crippen MR) is 41.8 cm³/mol. The van der Waals surface area contributed by atoms with Crippen molar-refractivity contribution in [2.24, 2.45) is 7.05 Å². The summed E-state index contributed by atoms with van der Waals surface area (Å²) in [5.41, 5.74) is 4.03. The van der Waals surface area contributed by atoms with Gasteiger partial charge in [0.05, 0.1) is 0 Å². The second kappa shape index (κ2) is 2.41. The van der Waals surface area contributed by atoms with E-state index < -0.39 is 0 Å². The van der Waals surface area contributed by atoms with Crippen LogP contribution in [0.3, 0.4) is 0 Å². The Bertz CT molecular complexity index is 228. The van der Waals surface area contributed by atoms with Gasteiger partial charge in [0.15, 0.2) is 11.9 Å². The lowest BCUT2D eigenvalue weighted by molar-refractivity contribution is -0.678. The molecule has 0 fully saturated rings. The average molecular weight is 136 g/mol. The topological polar surface area (TPSA) is 3.88 Å². The zero-order valence-electron chi connectivity index (χ0n) is 7.10. The number of pyridine rings is 1. The summed E-state index contributed by atoms with van der Waals surface area (Å²) in [6, 6.07) is 2.20. The molecule has 1 heterocycles. The van der Waals surface area contributed by atoms with E-state index in [9.17, 15) is 0 Å². The van der Waals surface area contributed by atoms with Gasteiger partial charge in [0.25, 0.3) is 0 Å². The Labute approximate surface area is 62.3 Å². The van der Waals surface area contributed by atoms with Gasteiger partial charge in [0.1, 0.15) is 7.05 Å². The molecule has 1 heteroatoms. The van der Waals surface area contributed by atoms with Gasteiger partial charge in [-0.25, -0.2) is 4.57 Å². The summed E-state index contributed by atoms with van der Waals surface area (Å²) in [5.74, 6) is 0. The Balaban J connectivity index is 3.31. The highest BCUT2D eigenvalue weighted by Gasteiger charge is 2.03. The van der Waals surface area contributed by atoms with Gasteiger partial charge in [-0.3, -0.25) is 0 Å². The number of rotatable bonds is 0. The summed E-state index contributed by atoms with van der Waals surface area (Å²) < 4.78 is 2.16. The van der Waals surface area contributed by atoms with Crippen LogP contribution >= 0.6 is 0 Å². The third kappa shape index (κ3) is 1.18. The maximum atomic E-state index is 2.20. The minimum absolute atomic E-state index is 1.32. The molecule has 0 N–H and O–H groups in total. The Morgan fingerprint density at radius 2 is 1.80 bits per heavy atom. The van der Waals surface area contributed by atoms with Crippen molar-refractivity contribution in [3.05, 3.63) is 29.1 Å². The number of aryl methyl sites for hydroxylation is 3. The van der Waals surface area contributed by atoms with E-state index in [4.69, 9.17) is 0 Å². The highest BCUT2D eigenvalue weighted by Crippen LogP contribution is 2.02. The normalized spacial score (nSPS) is 10.0. The van der Waals surface area contributed by atoms with Crippen molar-refractivity contribution in [3.8, 4) is 0 Å². The van der Waals surface area contributed by atoms with E-state index >= 15 is 0 Å². The van der Waals surface area contributed by atoms with Gasteiger partial charge in [-0.05, 0) is 19.9 Å². The van der Waals surface area contributed by atoms with Gasteiger partial charge in [-0.2, -0.15) is 0 Å². The molecule has 0 aliphatic heterocycles. The fraction of sp³-hybridized carbons (Fsp3) is 0.444. The minimum atomic E-state index is 1.32. The summed E-state index contributed by atoms with van der Waals surface area (Å²) in [5, 5.41) is 0. The number of aromatic nitrogens is 1. The van der Waals surface area contributed by atoms with E-state index in [2.05, 4.69) is 44.6 Å². The van der Waals surface area contributed by atoms with E-state index in [1.807, 2.05) is 0 Å². The molecule has 1 aromatic rings. The summed E-state index contributed by atoms with van der Waals surface area (Å²) in [6.45, 7) is 6.39. The van der Waals surface area contributed by atoms with Crippen LogP contribution in [0.25, 0.3) is 0 Å². The first-order valence-electron chi connectivity index (χ1n) is 3.55. The third-order valence-electron chi connectivity index (χ3n) is 1.94. The summed E-state index contributed by atoms with van der Waals surface area (Å²) in [7, 11) is 2.08. The second-order valence-corrected chi connectivity index (χ2v) is 2.90. The molecule has 0 bridgehead atoms. The molecule has 10 heavy (non-hydrogen) atoms. The fourth-order valence-electron chi connectivity index (χ4n) is 1.16. The molecule has 0 saturated heterocycles. The van der Waals surface area contributed by atoms with Gasteiger partial charge in [-0.1, -0.05) is 0 Å². The van der Waals surface area contributed by atoms with Crippen LogP contribution in [0.15, 0.2) is 12.3 Å². The smallest absolute Gasteiger partial charge is 0.180 e. The first-order chi connectivity index (χ1) is 4.61. The lowest BCUT2D eigenvalue weighted by Gasteiger charge is -1.98. The average Bonchev–Trinajstić information content (AvgIpc) is 1.82. The number of nitrogens with zero attached hydrogens (tertiary/aromatic N) is 1. The van der Waals surface area contributed by atoms with Crippen molar-refractivity contribution in [2.45, 2.75) is 20.8 Å². The van der Waals surface area contributed by atoms with Crippen LogP contribution in [0.1, 0.15) is 16.8 Å². The van der Waals surface area contributed by atoms with Crippen LogP contribution in [0.4, 0.5) is 0 Å². The lowest BCUT2D eigenvalue weighted by Crippen LogP contribution is -2.32. The van der Waals surface area contributed by atoms with Crippen molar-refractivity contribution in [3.63, 3.8) is 0 Å². The molecule has 0 aliphatic rings. The van der Waals surface area contributed by atoms with Gasteiger partial charge in [0, 0.05) is 18.1 Å². The Morgan fingerprint density at radius 1 is 1.20 bits per heavy atom. The SMILES string of the molecule is Cc1cc(C)c(C)[n+](C)c1. The second-order valence-electron chi connectivity index (χ2n) is 2.90. The first-order valence-corrected chi connectivity index (χ1v) is 3.55. The zero-order valence-corrected chi connectivity index (χ0v) is 7.10. The van der Waals surface area contributed by atoms with Crippen LogP contribution in [0, 0.1) is 20.8 Å². The van der Waals surface area contributed by atoms with E-state index in [0.29, 0.717) is 0 Å². The molecule has 0 aliphatic carbocycles. The van der Waals surface area contributed by atoms with Crippen molar-refractivity contribution in [1.82, 2.24) is 0 Å². The van der Waals surface area contributed by atoms with E-state index in [1.54, 1.807) is 0 Å². The van der Waals surface area contributed by atoms with Gasteiger partial charge in [0.2, 0.25) is 0 Å². The Morgan fingerprint density at radius 3 is 2.30 bits per heavy atom. The molecule has 0 atom stereocenters. The molecule has 54 valence electrons. The predicted octanol–water partition coefficient (Wildman–Crippen LogP) is 1.44. The van der Waals surface area contributed by atoms with Gasteiger partial charge < -0.3 is 0 Å². The molecule has 0 spiro atoms. The Kier molecular flexibility index (Phi) is 1.75. The van der Waals surface area contributed by atoms with Crippen LogP contribution < -0.4 is 4.57 Å². The molecule has 1 aromatic heterocycles. The largest absolute Gasteiger partial charge is 0.205 e. The summed E-state index contributed by atoms with van der Waals surface area (Å²) in [6.07, 6.45) is 2.14. The van der Waals surface area contributed by atoms with Gasteiger partial charge in [-0.15, -0.1) is 0 Å². The van der Waals surface area contributed by atoms with Crippen LogP contribution in [0.5, 0.6) is 0 Å². The van der Waals surface area contributed by atoms with E-state index in [-0.39, 0.29) is 0 Å². The monoisotopic (exact) mass is 136 g/mol. The van der Waals surface area contributed by atoms with Gasteiger partial charge >= 0.3 is 0 Å². The lowest BCUT2D eigenvalue weighted by atomic mass is 10.2. The third-order valence-corrected chi connectivity index (χ3v) is 1.94. The van der Waals surface area contributed by atoms with Crippen LogP contribution in [-0.4, -0.2) is 0 Å². The number of hydrogen-bond acceptors (Lipinski definition) is 0. The highest BCUT2D eigenvalue weighted by molar-refractivity contribution is 5.17. The Hall–Kier alpha value is -0.850. The minimum Gasteiger partial charge on any atom is -0.205 e. The molecular formula is C9H14N+. The van der Waals surface area contributed by atoms with Crippen molar-refractivity contribution >= 4 is 0 Å². The van der Waals surface area contributed by atoms with E-state index in [1.165, 1.54) is 16.8 Å². The maximum absolute atomic E-state index is 2.20. The molecule has 1 nitrogen and oxygen atoms in total. The quantitative estimate of drug-likeness (QED) is 0.475. The molecule has 0 unspecified atom stereocenters. The van der Waals surface area contributed by atoms with Crippen molar-refractivity contribution in [1.29, 1.82) is 0 Å².